The number of amides is 2. The van der Waals surface area contributed by atoms with Gasteiger partial charge in [-0.15, -0.1) is 0 Å². The van der Waals surface area contributed by atoms with Crippen LogP contribution >= 0.6 is 0 Å². The summed E-state index contributed by atoms with van der Waals surface area (Å²) in [7, 11) is 1.53. The van der Waals surface area contributed by atoms with Crippen molar-refractivity contribution in [3.63, 3.8) is 0 Å². The fourth-order valence-corrected chi connectivity index (χ4v) is 3.04. The Morgan fingerprint density at radius 2 is 1.60 bits per heavy atom. The molecule has 0 fully saturated rings. The average molecular weight is 403 g/mol. The molecule has 0 aliphatic rings. The van der Waals surface area contributed by atoms with Gasteiger partial charge in [-0.3, -0.25) is 15.0 Å². The number of aromatic carboxylic acids is 1. The molecular formula is C23H21N3O4. The molecule has 152 valence electrons. The van der Waals surface area contributed by atoms with Crippen LogP contribution in [0.25, 0.3) is 16.3 Å². The summed E-state index contributed by atoms with van der Waals surface area (Å²) in [5.74, 6) is -2.15. The molecule has 0 saturated carbocycles. The molecule has 0 unspecified atom stereocenters. The Hall–Kier alpha value is -3.97. The molecule has 0 aromatic heterocycles. The third-order valence-electron chi connectivity index (χ3n) is 4.56. The largest absolute Gasteiger partial charge is 0.478 e. The summed E-state index contributed by atoms with van der Waals surface area (Å²) < 4.78 is 0. The van der Waals surface area contributed by atoms with Crippen LogP contribution in [-0.2, 0) is 4.79 Å². The molecule has 0 bridgehead atoms. The Balaban J connectivity index is 1.87. The van der Waals surface area contributed by atoms with Crippen LogP contribution in [0.4, 0.5) is 5.69 Å². The van der Waals surface area contributed by atoms with Gasteiger partial charge in [-0.05, 0) is 53.1 Å². The van der Waals surface area contributed by atoms with Crippen molar-refractivity contribution in [1.29, 1.82) is 0 Å². The molecular weight excluding hydrogens is 382 g/mol. The summed E-state index contributed by atoms with van der Waals surface area (Å²) in [6.07, 6.45) is 1.40. The Morgan fingerprint density at radius 1 is 0.900 bits per heavy atom. The maximum absolute atomic E-state index is 12.5. The number of carboxylic acids is 1. The number of benzene rings is 3. The number of carboxylic acid groups (broad SMARTS) is 1. The molecule has 3 rings (SSSR count). The highest BCUT2D eigenvalue weighted by atomic mass is 16.4. The van der Waals surface area contributed by atoms with Crippen LogP contribution in [0, 0.1) is 0 Å². The van der Waals surface area contributed by atoms with E-state index in [0.717, 1.165) is 21.9 Å². The fraction of sp³-hybridized carbons (Fsp3) is 0.0870. The SMILES string of the molecule is CNNC(=O)c1ccc(C(=O)O)c(NC(=O)C=C(C)c2ccc3ccccc3c2)c1. The first kappa shape index (κ1) is 20.8. The summed E-state index contributed by atoms with van der Waals surface area (Å²) in [5, 5.41) is 14.1. The van der Waals surface area contributed by atoms with Crippen molar-refractivity contribution in [3.8, 4) is 0 Å². The summed E-state index contributed by atoms with van der Waals surface area (Å²) in [6, 6.07) is 17.8. The summed E-state index contributed by atoms with van der Waals surface area (Å²) in [6.45, 7) is 1.80. The second-order valence-corrected chi connectivity index (χ2v) is 6.65. The van der Waals surface area contributed by atoms with Gasteiger partial charge in [-0.2, -0.15) is 0 Å². The van der Waals surface area contributed by atoms with Gasteiger partial charge >= 0.3 is 5.97 Å². The van der Waals surface area contributed by atoms with Crippen molar-refractivity contribution in [3.05, 3.63) is 83.4 Å². The predicted molar refractivity (Wildman–Crippen MR) is 116 cm³/mol. The second kappa shape index (κ2) is 9.02. The van der Waals surface area contributed by atoms with Crippen LogP contribution in [0.2, 0.25) is 0 Å². The van der Waals surface area contributed by atoms with Crippen LogP contribution in [0.5, 0.6) is 0 Å². The molecule has 0 aliphatic heterocycles. The van der Waals surface area contributed by atoms with E-state index in [9.17, 15) is 19.5 Å². The highest BCUT2D eigenvalue weighted by molar-refractivity contribution is 6.08. The third-order valence-corrected chi connectivity index (χ3v) is 4.56. The van der Waals surface area contributed by atoms with Gasteiger partial charge in [0.1, 0.15) is 0 Å². The van der Waals surface area contributed by atoms with Crippen molar-refractivity contribution < 1.29 is 19.5 Å². The van der Waals surface area contributed by atoms with Gasteiger partial charge in [-0.1, -0.05) is 36.4 Å². The molecule has 4 N–H and O–H groups in total. The first-order valence-electron chi connectivity index (χ1n) is 9.22. The molecule has 7 heteroatoms. The lowest BCUT2D eigenvalue weighted by Gasteiger charge is -2.10. The number of hydrogen-bond acceptors (Lipinski definition) is 4. The summed E-state index contributed by atoms with van der Waals surface area (Å²) in [5.41, 5.74) is 6.65. The van der Waals surface area contributed by atoms with Crippen LogP contribution in [0.3, 0.4) is 0 Å². The number of hydrazine groups is 1. The van der Waals surface area contributed by atoms with Crippen molar-refractivity contribution >= 4 is 39.8 Å². The molecule has 7 nitrogen and oxygen atoms in total. The Bertz CT molecular complexity index is 1170. The molecule has 0 saturated heterocycles. The highest BCUT2D eigenvalue weighted by Gasteiger charge is 2.15. The number of allylic oxidation sites excluding steroid dienone is 1. The van der Waals surface area contributed by atoms with Gasteiger partial charge < -0.3 is 10.4 Å². The standard InChI is InChI=1S/C23H21N3O4/c1-14(16-8-7-15-5-3-4-6-17(15)12-16)11-21(27)25-20-13-18(22(28)26-24-2)9-10-19(20)23(29)30/h3-13,24H,1-2H3,(H,25,27)(H,26,28)(H,29,30). The van der Waals surface area contributed by atoms with Crippen molar-refractivity contribution in [2.45, 2.75) is 6.92 Å². The zero-order valence-corrected chi connectivity index (χ0v) is 16.5. The van der Waals surface area contributed by atoms with Crippen molar-refractivity contribution in [2.24, 2.45) is 0 Å². The monoisotopic (exact) mass is 403 g/mol. The minimum atomic E-state index is -1.21. The number of nitrogens with one attached hydrogen (secondary N) is 3. The van der Waals surface area contributed by atoms with E-state index in [-0.39, 0.29) is 16.8 Å². The van der Waals surface area contributed by atoms with Crippen LogP contribution < -0.4 is 16.2 Å². The predicted octanol–water partition coefficient (Wildman–Crippen LogP) is 3.44. The molecule has 0 heterocycles. The molecule has 0 atom stereocenters. The normalized spacial score (nSPS) is 11.2. The van der Waals surface area contributed by atoms with E-state index in [1.54, 1.807) is 6.92 Å². The molecule has 0 spiro atoms. The maximum Gasteiger partial charge on any atom is 0.337 e. The zero-order chi connectivity index (χ0) is 21.7. The second-order valence-electron chi connectivity index (χ2n) is 6.65. The van der Waals surface area contributed by atoms with Gasteiger partial charge in [-0.25, -0.2) is 10.2 Å². The maximum atomic E-state index is 12.5. The topological polar surface area (TPSA) is 108 Å². The van der Waals surface area contributed by atoms with E-state index in [4.69, 9.17) is 0 Å². The first-order chi connectivity index (χ1) is 14.4. The minimum absolute atomic E-state index is 0.0406. The van der Waals surface area contributed by atoms with E-state index in [0.29, 0.717) is 0 Å². The van der Waals surface area contributed by atoms with Gasteiger partial charge in [0.15, 0.2) is 0 Å². The van der Waals surface area contributed by atoms with Gasteiger partial charge in [0.05, 0.1) is 11.3 Å². The molecule has 30 heavy (non-hydrogen) atoms. The van der Waals surface area contributed by atoms with E-state index in [1.807, 2.05) is 42.5 Å². The van der Waals surface area contributed by atoms with E-state index >= 15 is 0 Å². The van der Waals surface area contributed by atoms with Gasteiger partial charge in [0.2, 0.25) is 5.91 Å². The summed E-state index contributed by atoms with van der Waals surface area (Å²) in [4.78, 5) is 36.0. The smallest absolute Gasteiger partial charge is 0.337 e. The van der Waals surface area contributed by atoms with Crippen molar-refractivity contribution in [2.75, 3.05) is 12.4 Å². The Labute approximate surface area is 173 Å². The lowest BCUT2D eigenvalue weighted by Crippen LogP contribution is -2.34. The molecule has 0 radical (unpaired) electrons. The number of hydrogen-bond donors (Lipinski definition) is 4. The average Bonchev–Trinajstić information content (AvgIpc) is 2.73. The number of rotatable bonds is 6. The highest BCUT2D eigenvalue weighted by Crippen LogP contribution is 2.22. The van der Waals surface area contributed by atoms with Crippen LogP contribution in [0.15, 0.2) is 66.7 Å². The van der Waals surface area contributed by atoms with E-state index in [1.165, 1.54) is 31.3 Å². The molecule has 2 amide bonds. The molecule has 0 aliphatic carbocycles. The fourth-order valence-electron chi connectivity index (χ4n) is 3.04. The number of carbonyl (C=O) groups excluding carboxylic acids is 2. The van der Waals surface area contributed by atoms with Gasteiger partial charge in [0.25, 0.3) is 5.91 Å². The zero-order valence-electron chi connectivity index (χ0n) is 16.5. The molecule has 3 aromatic carbocycles. The lowest BCUT2D eigenvalue weighted by atomic mass is 10.0. The lowest BCUT2D eigenvalue weighted by molar-refractivity contribution is -0.111. The van der Waals surface area contributed by atoms with Gasteiger partial charge in [0, 0.05) is 18.7 Å². The Kier molecular flexibility index (Phi) is 6.24. The minimum Gasteiger partial charge on any atom is -0.478 e. The summed E-state index contributed by atoms with van der Waals surface area (Å²) >= 11 is 0. The number of fused-ring (bicyclic) bond motifs is 1. The van der Waals surface area contributed by atoms with Crippen LogP contribution in [-0.4, -0.2) is 29.9 Å². The molecule has 3 aromatic rings. The van der Waals surface area contributed by atoms with E-state index in [2.05, 4.69) is 16.2 Å². The number of carbonyl (C=O) groups is 3. The van der Waals surface area contributed by atoms with Crippen LogP contribution in [0.1, 0.15) is 33.2 Å². The third kappa shape index (κ3) is 4.71. The first-order valence-corrected chi connectivity index (χ1v) is 9.22. The van der Waals surface area contributed by atoms with E-state index < -0.39 is 17.8 Å². The number of anilines is 1. The van der Waals surface area contributed by atoms with Crippen molar-refractivity contribution in [1.82, 2.24) is 10.9 Å². The quantitative estimate of drug-likeness (QED) is 0.373. The Morgan fingerprint density at radius 3 is 2.30 bits per heavy atom.